The molecule has 0 unspecified atom stereocenters. The first-order chi connectivity index (χ1) is 10.2. The summed E-state index contributed by atoms with van der Waals surface area (Å²) >= 11 is 1.52. The van der Waals surface area contributed by atoms with E-state index < -0.39 is 0 Å². The van der Waals surface area contributed by atoms with Crippen molar-refractivity contribution in [3.8, 4) is 0 Å². The highest BCUT2D eigenvalue weighted by atomic mass is 32.1. The standard InChI is InChI=1S/C15H19N3O2S/c1-17(14(20)10-18(8-9-19)11-6-7-11)15-16-12-4-2-3-5-13(12)21-15/h2-5,11,19H,6-10H2,1H3. The van der Waals surface area contributed by atoms with E-state index in [1.807, 2.05) is 24.3 Å². The van der Waals surface area contributed by atoms with Crippen LogP contribution in [-0.2, 0) is 4.79 Å². The maximum Gasteiger partial charge on any atom is 0.242 e. The number of para-hydroxylation sites is 1. The number of fused-ring (bicyclic) bond motifs is 1. The zero-order chi connectivity index (χ0) is 14.8. The number of hydrogen-bond donors (Lipinski definition) is 1. The third-order valence-electron chi connectivity index (χ3n) is 3.73. The molecular weight excluding hydrogens is 286 g/mol. The number of carbonyl (C=O) groups excluding carboxylic acids is 1. The number of rotatable bonds is 6. The summed E-state index contributed by atoms with van der Waals surface area (Å²) in [5.74, 6) is 0.0226. The summed E-state index contributed by atoms with van der Waals surface area (Å²) in [6.45, 7) is 0.996. The van der Waals surface area contributed by atoms with E-state index in [0.717, 1.165) is 28.2 Å². The van der Waals surface area contributed by atoms with Crippen molar-refractivity contribution in [2.24, 2.45) is 0 Å². The number of hydrogen-bond acceptors (Lipinski definition) is 5. The average Bonchev–Trinajstić information content (AvgIpc) is 3.24. The number of thiazole rings is 1. The molecule has 0 atom stereocenters. The van der Waals surface area contributed by atoms with Gasteiger partial charge in [-0.25, -0.2) is 4.98 Å². The second-order valence-corrected chi connectivity index (χ2v) is 6.35. The first-order valence-corrected chi connectivity index (χ1v) is 7.97. The molecule has 21 heavy (non-hydrogen) atoms. The molecule has 0 spiro atoms. The van der Waals surface area contributed by atoms with Crippen molar-refractivity contribution in [2.45, 2.75) is 18.9 Å². The molecule has 0 saturated heterocycles. The second-order valence-electron chi connectivity index (χ2n) is 5.34. The Hall–Kier alpha value is -1.50. The van der Waals surface area contributed by atoms with Crippen molar-refractivity contribution in [1.82, 2.24) is 9.88 Å². The molecule has 1 amide bonds. The molecule has 2 aromatic rings. The minimum atomic E-state index is 0.0226. The summed E-state index contributed by atoms with van der Waals surface area (Å²) in [5.41, 5.74) is 0.923. The topological polar surface area (TPSA) is 56.7 Å². The van der Waals surface area contributed by atoms with Crippen LogP contribution in [0.4, 0.5) is 5.13 Å². The van der Waals surface area contributed by atoms with E-state index in [4.69, 9.17) is 5.11 Å². The van der Waals surface area contributed by atoms with Gasteiger partial charge >= 0.3 is 0 Å². The first-order valence-electron chi connectivity index (χ1n) is 7.16. The maximum absolute atomic E-state index is 12.4. The highest BCUT2D eigenvalue weighted by Gasteiger charge is 2.30. The molecule has 1 fully saturated rings. The minimum Gasteiger partial charge on any atom is -0.395 e. The number of amides is 1. The van der Waals surface area contributed by atoms with E-state index in [-0.39, 0.29) is 12.5 Å². The summed E-state index contributed by atoms with van der Waals surface area (Å²) in [7, 11) is 1.77. The van der Waals surface area contributed by atoms with Gasteiger partial charge in [0.05, 0.1) is 23.4 Å². The molecule has 1 aliphatic rings. The molecule has 1 aliphatic carbocycles. The summed E-state index contributed by atoms with van der Waals surface area (Å²) in [5, 5.41) is 9.82. The molecule has 0 bridgehead atoms. The molecule has 3 rings (SSSR count). The third-order valence-corrected chi connectivity index (χ3v) is 4.85. The number of anilines is 1. The van der Waals surface area contributed by atoms with Crippen LogP contribution in [0, 0.1) is 0 Å². The minimum absolute atomic E-state index is 0.0226. The number of nitrogens with zero attached hydrogens (tertiary/aromatic N) is 3. The number of aliphatic hydroxyl groups excluding tert-OH is 1. The van der Waals surface area contributed by atoms with Crippen molar-refractivity contribution in [3.05, 3.63) is 24.3 Å². The molecule has 1 heterocycles. The summed E-state index contributed by atoms with van der Waals surface area (Å²) < 4.78 is 1.08. The van der Waals surface area contributed by atoms with Gasteiger partial charge in [-0.1, -0.05) is 23.5 Å². The smallest absolute Gasteiger partial charge is 0.242 e. The lowest BCUT2D eigenvalue weighted by Crippen LogP contribution is -2.40. The van der Waals surface area contributed by atoms with Crippen molar-refractivity contribution < 1.29 is 9.90 Å². The molecule has 1 aromatic heterocycles. The molecule has 1 aromatic carbocycles. The fraction of sp³-hybridized carbons (Fsp3) is 0.467. The SMILES string of the molecule is CN(C(=O)CN(CCO)C1CC1)c1nc2ccccc2s1. The third kappa shape index (κ3) is 3.23. The predicted molar refractivity (Wildman–Crippen MR) is 84.7 cm³/mol. The summed E-state index contributed by atoms with van der Waals surface area (Å²) in [4.78, 5) is 20.6. The van der Waals surface area contributed by atoms with Gasteiger partial charge in [-0.05, 0) is 25.0 Å². The van der Waals surface area contributed by atoms with Crippen LogP contribution in [0.1, 0.15) is 12.8 Å². The van der Waals surface area contributed by atoms with Crippen LogP contribution in [0.25, 0.3) is 10.2 Å². The van der Waals surface area contributed by atoms with Crippen LogP contribution >= 0.6 is 11.3 Å². The van der Waals surface area contributed by atoms with Crippen LogP contribution in [-0.4, -0.2) is 53.7 Å². The Morgan fingerprint density at radius 3 is 2.86 bits per heavy atom. The largest absolute Gasteiger partial charge is 0.395 e. The fourth-order valence-corrected chi connectivity index (χ4v) is 3.29. The number of likely N-dealkylation sites (N-methyl/N-ethyl adjacent to an activating group) is 1. The Morgan fingerprint density at radius 2 is 2.19 bits per heavy atom. The average molecular weight is 305 g/mol. The van der Waals surface area contributed by atoms with Crippen LogP contribution in [0.15, 0.2) is 24.3 Å². The second kappa shape index (κ2) is 6.09. The fourth-order valence-electron chi connectivity index (χ4n) is 2.35. The molecule has 1 saturated carbocycles. The van der Waals surface area contributed by atoms with Gasteiger partial charge in [-0.15, -0.1) is 0 Å². The van der Waals surface area contributed by atoms with E-state index in [1.54, 1.807) is 11.9 Å². The van der Waals surface area contributed by atoms with Crippen LogP contribution in [0.5, 0.6) is 0 Å². The molecule has 5 nitrogen and oxygen atoms in total. The predicted octanol–water partition coefficient (Wildman–Crippen LogP) is 1.72. The van der Waals surface area contributed by atoms with E-state index in [9.17, 15) is 4.79 Å². The summed E-state index contributed by atoms with van der Waals surface area (Å²) in [6.07, 6.45) is 2.25. The quantitative estimate of drug-likeness (QED) is 0.883. The van der Waals surface area contributed by atoms with Gasteiger partial charge in [0, 0.05) is 19.6 Å². The Labute approximate surface area is 127 Å². The molecule has 1 N–H and O–H groups in total. The van der Waals surface area contributed by atoms with Gasteiger partial charge in [0.1, 0.15) is 0 Å². The Kier molecular flexibility index (Phi) is 4.19. The number of benzene rings is 1. The monoisotopic (exact) mass is 305 g/mol. The van der Waals surface area contributed by atoms with Gasteiger partial charge in [0.2, 0.25) is 5.91 Å². The molecule has 6 heteroatoms. The zero-order valence-corrected chi connectivity index (χ0v) is 12.8. The molecule has 112 valence electrons. The Morgan fingerprint density at radius 1 is 1.43 bits per heavy atom. The first kappa shape index (κ1) is 14.4. The van der Waals surface area contributed by atoms with Gasteiger partial charge < -0.3 is 5.11 Å². The van der Waals surface area contributed by atoms with Crippen molar-refractivity contribution >= 4 is 32.6 Å². The van der Waals surface area contributed by atoms with Crippen LogP contribution < -0.4 is 4.90 Å². The van der Waals surface area contributed by atoms with Crippen molar-refractivity contribution in [3.63, 3.8) is 0 Å². The lowest BCUT2D eigenvalue weighted by molar-refractivity contribution is -0.119. The van der Waals surface area contributed by atoms with E-state index >= 15 is 0 Å². The van der Waals surface area contributed by atoms with Gasteiger partial charge in [-0.2, -0.15) is 0 Å². The maximum atomic E-state index is 12.4. The summed E-state index contributed by atoms with van der Waals surface area (Å²) in [6, 6.07) is 8.35. The van der Waals surface area contributed by atoms with Gasteiger partial charge in [0.15, 0.2) is 5.13 Å². The highest BCUT2D eigenvalue weighted by Crippen LogP contribution is 2.29. The lowest BCUT2D eigenvalue weighted by Gasteiger charge is -2.22. The normalized spacial score (nSPS) is 14.8. The zero-order valence-electron chi connectivity index (χ0n) is 12.0. The molecule has 0 radical (unpaired) electrons. The van der Waals surface area contributed by atoms with Gasteiger partial charge in [0.25, 0.3) is 0 Å². The number of aromatic nitrogens is 1. The van der Waals surface area contributed by atoms with E-state index in [1.165, 1.54) is 11.3 Å². The van der Waals surface area contributed by atoms with Crippen LogP contribution in [0.3, 0.4) is 0 Å². The van der Waals surface area contributed by atoms with Crippen molar-refractivity contribution in [1.29, 1.82) is 0 Å². The molecular formula is C15H19N3O2S. The number of carbonyl (C=O) groups is 1. The van der Waals surface area contributed by atoms with Crippen LogP contribution in [0.2, 0.25) is 0 Å². The number of aliphatic hydroxyl groups is 1. The Bertz CT molecular complexity index is 606. The lowest BCUT2D eigenvalue weighted by atomic mass is 10.3. The van der Waals surface area contributed by atoms with E-state index in [2.05, 4.69) is 9.88 Å². The Balaban J connectivity index is 1.71. The molecule has 0 aliphatic heterocycles. The highest BCUT2D eigenvalue weighted by molar-refractivity contribution is 7.22. The van der Waals surface area contributed by atoms with Crippen molar-refractivity contribution in [2.75, 3.05) is 31.6 Å². The van der Waals surface area contributed by atoms with Gasteiger partial charge in [-0.3, -0.25) is 14.6 Å². The van der Waals surface area contributed by atoms with E-state index in [0.29, 0.717) is 19.1 Å².